The van der Waals surface area contributed by atoms with Gasteiger partial charge < -0.3 is 16.2 Å². The fourth-order valence-corrected chi connectivity index (χ4v) is 3.15. The Bertz CT molecular complexity index is 337. The first-order valence-electron chi connectivity index (χ1n) is 6.85. The number of aliphatic carboxylic acids is 1. The van der Waals surface area contributed by atoms with Crippen molar-refractivity contribution in [1.29, 1.82) is 0 Å². The average Bonchev–Trinajstić information content (AvgIpc) is 2.78. The van der Waals surface area contributed by atoms with Crippen LogP contribution >= 0.6 is 0 Å². The monoisotopic (exact) mass is 254 g/mol. The lowest BCUT2D eigenvalue weighted by molar-refractivity contribution is -0.142. The maximum absolute atomic E-state index is 12.2. The van der Waals surface area contributed by atoms with Crippen LogP contribution in [0.3, 0.4) is 0 Å². The van der Waals surface area contributed by atoms with Crippen molar-refractivity contribution < 1.29 is 14.7 Å². The first-order valence-corrected chi connectivity index (χ1v) is 6.85. The Morgan fingerprint density at radius 2 is 1.78 bits per heavy atom. The topological polar surface area (TPSA) is 92.4 Å². The second-order valence-corrected chi connectivity index (χ2v) is 5.67. The van der Waals surface area contributed by atoms with Crippen molar-refractivity contribution in [3.8, 4) is 0 Å². The lowest BCUT2D eigenvalue weighted by Crippen LogP contribution is -2.57. The van der Waals surface area contributed by atoms with Crippen molar-refractivity contribution in [2.75, 3.05) is 0 Å². The number of amides is 1. The van der Waals surface area contributed by atoms with Crippen LogP contribution < -0.4 is 11.1 Å². The summed E-state index contributed by atoms with van der Waals surface area (Å²) in [5.74, 6) is -1.41. The Hall–Kier alpha value is -1.10. The summed E-state index contributed by atoms with van der Waals surface area (Å²) >= 11 is 0. The summed E-state index contributed by atoms with van der Waals surface area (Å²) in [5, 5.41) is 12.0. The molecular formula is C13H22N2O3. The number of carbonyl (C=O) groups excluding carboxylic acids is 1. The number of carbonyl (C=O) groups is 2. The minimum atomic E-state index is -0.812. The molecule has 2 atom stereocenters. The van der Waals surface area contributed by atoms with E-state index >= 15 is 0 Å². The Morgan fingerprint density at radius 3 is 2.39 bits per heavy atom. The van der Waals surface area contributed by atoms with Gasteiger partial charge >= 0.3 is 5.97 Å². The number of carboxylic acid groups (broad SMARTS) is 1. The highest BCUT2D eigenvalue weighted by atomic mass is 16.4. The predicted molar refractivity (Wildman–Crippen MR) is 66.9 cm³/mol. The third kappa shape index (κ3) is 2.66. The minimum Gasteiger partial charge on any atom is -0.481 e. The van der Waals surface area contributed by atoms with Crippen LogP contribution in [0, 0.1) is 5.92 Å². The molecule has 5 nitrogen and oxygen atoms in total. The van der Waals surface area contributed by atoms with Crippen LogP contribution in [-0.4, -0.2) is 28.6 Å². The smallest absolute Gasteiger partial charge is 0.308 e. The van der Waals surface area contributed by atoms with Gasteiger partial charge in [-0.05, 0) is 25.7 Å². The van der Waals surface area contributed by atoms with Crippen molar-refractivity contribution >= 4 is 11.9 Å². The zero-order chi connectivity index (χ0) is 13.2. The zero-order valence-corrected chi connectivity index (χ0v) is 10.7. The van der Waals surface area contributed by atoms with Gasteiger partial charge in [-0.3, -0.25) is 9.59 Å². The van der Waals surface area contributed by atoms with Crippen molar-refractivity contribution in [3.63, 3.8) is 0 Å². The molecule has 2 rings (SSSR count). The standard InChI is InChI=1S/C13H22N2O3/c14-13(7-2-1-3-8-13)12(18)15-10-6-4-5-9(10)11(16)17/h9-10H,1-8,14H2,(H,15,18)(H,16,17). The maximum atomic E-state index is 12.2. The van der Waals surface area contributed by atoms with Crippen LogP contribution in [0.5, 0.6) is 0 Å². The first-order chi connectivity index (χ1) is 8.53. The Kier molecular flexibility index (Phi) is 3.90. The molecule has 18 heavy (non-hydrogen) atoms. The number of rotatable bonds is 3. The van der Waals surface area contributed by atoms with Crippen molar-refractivity contribution in [1.82, 2.24) is 5.32 Å². The summed E-state index contributed by atoms with van der Waals surface area (Å²) in [6, 6.07) is -0.239. The van der Waals surface area contributed by atoms with Crippen LogP contribution in [-0.2, 0) is 9.59 Å². The van der Waals surface area contributed by atoms with Crippen molar-refractivity contribution in [2.45, 2.75) is 62.9 Å². The van der Waals surface area contributed by atoms with Gasteiger partial charge in [0.15, 0.2) is 0 Å². The van der Waals surface area contributed by atoms with Gasteiger partial charge in [0.05, 0.1) is 11.5 Å². The SMILES string of the molecule is NC1(C(=O)NC2CCCC2C(=O)O)CCCCC1. The summed E-state index contributed by atoms with van der Waals surface area (Å²) in [6.07, 6.45) is 6.78. The summed E-state index contributed by atoms with van der Waals surface area (Å²) in [7, 11) is 0. The van der Waals surface area contributed by atoms with Crippen molar-refractivity contribution in [3.05, 3.63) is 0 Å². The molecule has 0 saturated heterocycles. The first kappa shape index (κ1) is 13.3. The molecule has 1 amide bonds. The van der Waals surface area contributed by atoms with E-state index in [1.54, 1.807) is 0 Å². The minimum absolute atomic E-state index is 0.152. The van der Waals surface area contributed by atoms with Gasteiger partial charge in [-0.15, -0.1) is 0 Å². The number of carboxylic acids is 1. The maximum Gasteiger partial charge on any atom is 0.308 e. The number of hydrogen-bond donors (Lipinski definition) is 3. The quantitative estimate of drug-likeness (QED) is 0.701. The van der Waals surface area contributed by atoms with E-state index in [4.69, 9.17) is 10.8 Å². The molecular weight excluding hydrogens is 232 g/mol. The molecule has 0 spiro atoms. The Labute approximate surface area is 107 Å². The van der Waals surface area contributed by atoms with Crippen LogP contribution in [0.1, 0.15) is 51.4 Å². The molecule has 102 valence electrons. The van der Waals surface area contributed by atoms with Gasteiger partial charge in [0.1, 0.15) is 0 Å². The zero-order valence-electron chi connectivity index (χ0n) is 10.7. The molecule has 2 aliphatic rings. The fraction of sp³-hybridized carbons (Fsp3) is 0.846. The molecule has 0 bridgehead atoms. The summed E-state index contributed by atoms with van der Waals surface area (Å²) in [5.41, 5.74) is 5.37. The van der Waals surface area contributed by atoms with Gasteiger partial charge in [-0.1, -0.05) is 25.7 Å². The highest BCUT2D eigenvalue weighted by Crippen LogP contribution is 2.29. The molecule has 0 heterocycles. The van der Waals surface area contributed by atoms with Gasteiger partial charge in [0.25, 0.3) is 0 Å². The molecule has 2 aliphatic carbocycles. The average molecular weight is 254 g/mol. The van der Waals surface area contributed by atoms with Gasteiger partial charge in [0.2, 0.25) is 5.91 Å². The highest BCUT2D eigenvalue weighted by Gasteiger charge is 2.40. The number of nitrogens with one attached hydrogen (secondary N) is 1. The van der Waals surface area contributed by atoms with Crippen LogP contribution in [0.15, 0.2) is 0 Å². The molecule has 2 unspecified atom stereocenters. The Morgan fingerprint density at radius 1 is 1.11 bits per heavy atom. The van der Waals surface area contributed by atoms with E-state index in [1.807, 2.05) is 0 Å². The molecule has 0 aliphatic heterocycles. The van der Waals surface area contributed by atoms with Gasteiger partial charge in [-0.25, -0.2) is 0 Å². The lowest BCUT2D eigenvalue weighted by atomic mass is 9.81. The third-order valence-electron chi connectivity index (χ3n) is 4.35. The normalized spacial score (nSPS) is 30.9. The summed E-state index contributed by atoms with van der Waals surface area (Å²) < 4.78 is 0. The van der Waals surface area contributed by atoms with Crippen LogP contribution in [0.2, 0.25) is 0 Å². The van der Waals surface area contributed by atoms with E-state index in [1.165, 1.54) is 0 Å². The second kappa shape index (κ2) is 5.26. The molecule has 0 aromatic carbocycles. The van der Waals surface area contributed by atoms with Crippen LogP contribution in [0.4, 0.5) is 0 Å². The summed E-state index contributed by atoms with van der Waals surface area (Å²) in [6.45, 7) is 0. The molecule has 0 aromatic heterocycles. The second-order valence-electron chi connectivity index (χ2n) is 5.67. The molecule has 5 heteroatoms. The largest absolute Gasteiger partial charge is 0.481 e. The number of hydrogen-bond acceptors (Lipinski definition) is 3. The lowest BCUT2D eigenvalue weighted by Gasteiger charge is -2.33. The molecule has 0 radical (unpaired) electrons. The van der Waals surface area contributed by atoms with E-state index < -0.39 is 17.4 Å². The van der Waals surface area contributed by atoms with E-state index in [0.717, 1.165) is 32.1 Å². The molecule has 0 aromatic rings. The van der Waals surface area contributed by atoms with E-state index in [0.29, 0.717) is 19.3 Å². The fourth-order valence-electron chi connectivity index (χ4n) is 3.15. The van der Waals surface area contributed by atoms with E-state index in [9.17, 15) is 9.59 Å². The van der Waals surface area contributed by atoms with E-state index in [2.05, 4.69) is 5.32 Å². The van der Waals surface area contributed by atoms with Gasteiger partial charge in [0, 0.05) is 6.04 Å². The molecule has 4 N–H and O–H groups in total. The van der Waals surface area contributed by atoms with Crippen molar-refractivity contribution in [2.24, 2.45) is 11.7 Å². The summed E-state index contributed by atoms with van der Waals surface area (Å²) in [4.78, 5) is 23.3. The van der Waals surface area contributed by atoms with Crippen LogP contribution in [0.25, 0.3) is 0 Å². The van der Waals surface area contributed by atoms with E-state index in [-0.39, 0.29) is 11.9 Å². The van der Waals surface area contributed by atoms with Gasteiger partial charge in [-0.2, -0.15) is 0 Å². The highest BCUT2D eigenvalue weighted by molar-refractivity contribution is 5.87. The predicted octanol–water partition coefficient (Wildman–Crippen LogP) is 1.02. The molecule has 2 saturated carbocycles. The third-order valence-corrected chi connectivity index (χ3v) is 4.35. The number of nitrogens with two attached hydrogens (primary N) is 1. The Balaban J connectivity index is 1.96. The molecule has 2 fully saturated rings.